The summed E-state index contributed by atoms with van der Waals surface area (Å²) < 4.78 is 10.2. The lowest BCUT2D eigenvalue weighted by atomic mass is 9.86. The second kappa shape index (κ2) is 6.67. The van der Waals surface area contributed by atoms with Crippen molar-refractivity contribution < 1.29 is 23.9 Å². The molecule has 0 aromatic carbocycles. The van der Waals surface area contributed by atoms with E-state index in [2.05, 4.69) is 15.9 Å². The maximum Gasteiger partial charge on any atom is 0.417 e. The lowest BCUT2D eigenvalue weighted by Gasteiger charge is -2.49. The molecule has 0 spiro atoms. The minimum atomic E-state index is -0.692. The number of amides is 3. The van der Waals surface area contributed by atoms with Crippen LogP contribution in [0.2, 0.25) is 0 Å². The molecule has 1 heterocycles. The van der Waals surface area contributed by atoms with Crippen LogP contribution in [-0.4, -0.2) is 64.1 Å². The normalized spacial score (nSPS) is 28.2. The quantitative estimate of drug-likeness (QED) is 0.593. The summed E-state index contributed by atoms with van der Waals surface area (Å²) in [6, 6.07) is -0.704. The molecule has 0 aromatic heterocycles. The predicted octanol–water partition coefficient (Wildman–Crippen LogP) is 2.52. The number of piperazine rings is 1. The number of rotatable bonds is 0. The molecule has 0 radical (unpaired) electrons. The Bertz CT molecular complexity index is 505. The molecule has 0 aromatic rings. The fourth-order valence-corrected chi connectivity index (χ4v) is 4.05. The number of carbonyl (C=O) groups is 3. The molecule has 3 atom stereocenters. The number of hydrogen-bond acceptors (Lipinski definition) is 5. The number of alkyl halides is 1. The Balaban J connectivity index is 2.31. The van der Waals surface area contributed by atoms with Gasteiger partial charge < -0.3 is 9.47 Å². The average Bonchev–Trinajstić information content (AvgIpc) is 2.44. The van der Waals surface area contributed by atoms with Crippen molar-refractivity contribution in [1.82, 2.24) is 9.80 Å². The van der Waals surface area contributed by atoms with Crippen LogP contribution in [0.25, 0.3) is 0 Å². The lowest BCUT2D eigenvalue weighted by molar-refractivity contribution is -0.141. The van der Waals surface area contributed by atoms with E-state index in [9.17, 15) is 14.4 Å². The summed E-state index contributed by atoms with van der Waals surface area (Å²) in [5, 5.41) is 0. The highest BCUT2D eigenvalue weighted by Crippen LogP contribution is 2.35. The van der Waals surface area contributed by atoms with Gasteiger partial charge in [-0.25, -0.2) is 14.5 Å². The van der Waals surface area contributed by atoms with Crippen LogP contribution in [0, 0.1) is 0 Å². The van der Waals surface area contributed by atoms with Crippen molar-refractivity contribution in [3.8, 4) is 0 Å². The lowest BCUT2D eigenvalue weighted by Crippen LogP contribution is -2.68. The number of hydrogen-bond donors (Lipinski definition) is 0. The van der Waals surface area contributed by atoms with Gasteiger partial charge in [-0.15, -0.1) is 0 Å². The van der Waals surface area contributed by atoms with Gasteiger partial charge >= 0.3 is 12.2 Å². The second-order valence-electron chi connectivity index (χ2n) is 6.85. The topological polar surface area (TPSA) is 76.2 Å². The van der Waals surface area contributed by atoms with E-state index in [1.54, 1.807) is 20.8 Å². The monoisotopic (exact) mass is 390 g/mol. The standard InChI is InChI=1S/C15H23BrN2O5/c1-15(2,3)23-14(21)18-11(19)8-17(13(20)22-4)10-7-5-6-9(16)12(10)18/h9-10,12H,5-8H2,1-4H3/t9-,10+,12+/m1/s1. The molecule has 2 aliphatic rings. The Morgan fingerprint density at radius 2 is 1.87 bits per heavy atom. The number of fused-ring (bicyclic) bond motifs is 1. The molecule has 1 aliphatic heterocycles. The fourth-order valence-electron chi connectivity index (χ4n) is 3.14. The van der Waals surface area contributed by atoms with Crippen molar-refractivity contribution in [2.75, 3.05) is 13.7 Å². The molecule has 0 unspecified atom stereocenters. The Morgan fingerprint density at radius 1 is 1.22 bits per heavy atom. The van der Waals surface area contributed by atoms with Crippen LogP contribution in [0.4, 0.5) is 9.59 Å². The summed E-state index contributed by atoms with van der Waals surface area (Å²) in [6.45, 7) is 5.09. The zero-order valence-corrected chi connectivity index (χ0v) is 15.5. The maximum absolute atomic E-state index is 12.5. The smallest absolute Gasteiger partial charge is 0.417 e. The van der Waals surface area contributed by atoms with E-state index < -0.39 is 29.7 Å². The molecule has 0 N–H and O–H groups in total. The highest BCUT2D eigenvalue weighted by molar-refractivity contribution is 9.09. The van der Waals surface area contributed by atoms with Gasteiger partial charge in [0.05, 0.1) is 19.2 Å². The van der Waals surface area contributed by atoms with Crippen LogP contribution < -0.4 is 0 Å². The number of imide groups is 1. The molecule has 3 amide bonds. The Labute approximate surface area is 144 Å². The Morgan fingerprint density at radius 3 is 2.43 bits per heavy atom. The molecule has 1 aliphatic carbocycles. The van der Waals surface area contributed by atoms with Crippen molar-refractivity contribution in [1.29, 1.82) is 0 Å². The van der Waals surface area contributed by atoms with Gasteiger partial charge in [0.25, 0.3) is 5.91 Å². The first-order chi connectivity index (χ1) is 10.7. The van der Waals surface area contributed by atoms with E-state index in [0.717, 1.165) is 12.8 Å². The highest BCUT2D eigenvalue weighted by atomic mass is 79.9. The minimum Gasteiger partial charge on any atom is -0.453 e. The van der Waals surface area contributed by atoms with Crippen molar-refractivity contribution in [2.24, 2.45) is 0 Å². The van der Waals surface area contributed by atoms with Gasteiger partial charge in [-0.1, -0.05) is 22.4 Å². The molecule has 1 saturated heterocycles. The summed E-state index contributed by atoms with van der Waals surface area (Å²) in [4.78, 5) is 39.5. The van der Waals surface area contributed by atoms with Gasteiger partial charge in [0, 0.05) is 4.83 Å². The first-order valence-electron chi connectivity index (χ1n) is 7.69. The molecule has 2 fully saturated rings. The fraction of sp³-hybridized carbons (Fsp3) is 0.800. The SMILES string of the molecule is COC(=O)N1CC(=O)N(C(=O)OC(C)(C)C)[C@H]2[C@H](Br)CCC[C@@H]21. The van der Waals surface area contributed by atoms with Crippen LogP contribution >= 0.6 is 15.9 Å². The van der Waals surface area contributed by atoms with Crippen LogP contribution in [0.3, 0.4) is 0 Å². The molecular formula is C15H23BrN2O5. The van der Waals surface area contributed by atoms with Crippen molar-refractivity contribution in [2.45, 2.75) is 62.5 Å². The van der Waals surface area contributed by atoms with Crippen LogP contribution in [0.5, 0.6) is 0 Å². The van der Waals surface area contributed by atoms with E-state index >= 15 is 0 Å². The number of nitrogens with zero attached hydrogens (tertiary/aromatic N) is 2. The van der Waals surface area contributed by atoms with Crippen molar-refractivity contribution >= 4 is 34.0 Å². The molecular weight excluding hydrogens is 368 g/mol. The van der Waals surface area contributed by atoms with E-state index in [1.165, 1.54) is 16.9 Å². The van der Waals surface area contributed by atoms with Crippen molar-refractivity contribution in [3.63, 3.8) is 0 Å². The van der Waals surface area contributed by atoms with Gasteiger partial charge in [0.2, 0.25) is 0 Å². The third kappa shape index (κ3) is 3.79. The number of ether oxygens (including phenoxy) is 2. The van der Waals surface area contributed by atoms with E-state index in [4.69, 9.17) is 9.47 Å². The largest absolute Gasteiger partial charge is 0.453 e. The van der Waals surface area contributed by atoms with Crippen LogP contribution in [0.15, 0.2) is 0 Å². The molecule has 8 heteroatoms. The molecule has 23 heavy (non-hydrogen) atoms. The summed E-state index contributed by atoms with van der Waals surface area (Å²) in [6.07, 6.45) is 1.24. The van der Waals surface area contributed by atoms with Crippen LogP contribution in [0.1, 0.15) is 40.0 Å². The van der Waals surface area contributed by atoms with Gasteiger partial charge in [-0.3, -0.25) is 9.69 Å². The number of halogens is 1. The highest BCUT2D eigenvalue weighted by Gasteiger charge is 2.51. The summed E-state index contributed by atoms with van der Waals surface area (Å²) in [5.74, 6) is -0.447. The van der Waals surface area contributed by atoms with E-state index in [1.807, 2.05) is 0 Å². The summed E-state index contributed by atoms with van der Waals surface area (Å²) >= 11 is 3.56. The average molecular weight is 391 g/mol. The van der Waals surface area contributed by atoms with Crippen molar-refractivity contribution in [3.05, 3.63) is 0 Å². The zero-order valence-electron chi connectivity index (χ0n) is 13.9. The Kier molecular flexibility index (Phi) is 5.23. The van der Waals surface area contributed by atoms with Gasteiger partial charge in [0.1, 0.15) is 12.1 Å². The van der Waals surface area contributed by atoms with Gasteiger partial charge in [-0.05, 0) is 33.6 Å². The summed E-state index contributed by atoms with van der Waals surface area (Å²) in [5.41, 5.74) is -0.692. The Hall–Kier alpha value is -1.31. The molecule has 0 bridgehead atoms. The zero-order chi connectivity index (χ0) is 17.4. The maximum atomic E-state index is 12.5. The third-order valence-electron chi connectivity index (χ3n) is 4.02. The first-order valence-corrected chi connectivity index (χ1v) is 8.61. The van der Waals surface area contributed by atoms with E-state index in [-0.39, 0.29) is 17.4 Å². The summed E-state index contributed by atoms with van der Waals surface area (Å²) in [7, 11) is 1.29. The molecule has 130 valence electrons. The second-order valence-corrected chi connectivity index (χ2v) is 8.02. The molecule has 7 nitrogen and oxygen atoms in total. The number of carbonyl (C=O) groups excluding carboxylic acids is 3. The number of methoxy groups -OCH3 is 1. The third-order valence-corrected chi connectivity index (χ3v) is 5.02. The van der Waals surface area contributed by atoms with Gasteiger partial charge in [0.15, 0.2) is 0 Å². The molecule has 1 saturated carbocycles. The first kappa shape index (κ1) is 18.0. The minimum absolute atomic E-state index is 0.0785. The predicted molar refractivity (Wildman–Crippen MR) is 86.3 cm³/mol. The van der Waals surface area contributed by atoms with Crippen LogP contribution in [-0.2, 0) is 14.3 Å². The molecule has 2 rings (SSSR count). The van der Waals surface area contributed by atoms with Gasteiger partial charge in [-0.2, -0.15) is 0 Å². The van der Waals surface area contributed by atoms with E-state index in [0.29, 0.717) is 6.42 Å².